The van der Waals surface area contributed by atoms with Crippen LogP contribution in [0.2, 0.25) is 0 Å². The van der Waals surface area contributed by atoms with Gasteiger partial charge in [-0.25, -0.2) is 0 Å². The van der Waals surface area contributed by atoms with Gasteiger partial charge in [0.15, 0.2) is 0 Å². The summed E-state index contributed by atoms with van der Waals surface area (Å²) in [6.45, 7) is 3.70. The molecule has 0 unspecified atom stereocenters. The van der Waals surface area contributed by atoms with Crippen molar-refractivity contribution < 1.29 is 9.90 Å². The van der Waals surface area contributed by atoms with E-state index in [1.165, 1.54) is 44.9 Å². The summed E-state index contributed by atoms with van der Waals surface area (Å²) in [5.41, 5.74) is 0. The Kier molecular flexibility index (Phi) is 14.2. The highest BCUT2D eigenvalue weighted by Crippen LogP contribution is 2.10. The van der Waals surface area contributed by atoms with Gasteiger partial charge < -0.3 is 5.11 Å². The summed E-state index contributed by atoms with van der Waals surface area (Å²) in [6.07, 6.45) is 19.8. The lowest BCUT2D eigenvalue weighted by molar-refractivity contribution is -0.137. The van der Waals surface area contributed by atoms with Gasteiger partial charge in [0, 0.05) is 6.42 Å². The number of rotatable bonds is 14. The zero-order chi connectivity index (χ0) is 14.2. The third-order valence-corrected chi connectivity index (χ3v) is 3.22. The Morgan fingerprint density at radius 3 is 1.89 bits per heavy atom. The van der Waals surface area contributed by atoms with Crippen molar-refractivity contribution in [2.75, 3.05) is 0 Å². The van der Waals surface area contributed by atoms with E-state index in [1.807, 2.05) is 6.08 Å². The maximum atomic E-state index is 10.3. The summed E-state index contributed by atoms with van der Waals surface area (Å²) in [4.78, 5) is 10.3. The summed E-state index contributed by atoms with van der Waals surface area (Å²) < 4.78 is 0. The summed E-state index contributed by atoms with van der Waals surface area (Å²) in [5.74, 6) is -0.666. The van der Waals surface area contributed by atoms with Crippen LogP contribution in [0.25, 0.3) is 0 Å². The molecule has 0 aromatic heterocycles. The summed E-state index contributed by atoms with van der Waals surface area (Å²) in [6, 6.07) is 0. The Bertz CT molecular complexity index is 244. The fraction of sp³-hybridized carbons (Fsp3) is 0.706. The highest BCUT2D eigenvalue weighted by molar-refractivity contribution is 5.66. The Labute approximate surface area is 118 Å². The highest BCUT2D eigenvalue weighted by atomic mass is 16.4. The number of carbonyl (C=O) groups is 1. The fourth-order valence-electron chi connectivity index (χ4n) is 2.05. The van der Waals surface area contributed by atoms with Gasteiger partial charge in [-0.15, -0.1) is 6.58 Å². The normalized spacial score (nSPS) is 10.9. The molecule has 0 radical (unpaired) electrons. The third kappa shape index (κ3) is 16.9. The smallest absolute Gasteiger partial charge is 0.303 e. The van der Waals surface area contributed by atoms with Crippen LogP contribution in [0.5, 0.6) is 0 Å². The van der Waals surface area contributed by atoms with Gasteiger partial charge in [-0.3, -0.25) is 4.79 Å². The molecule has 19 heavy (non-hydrogen) atoms. The van der Waals surface area contributed by atoms with Crippen molar-refractivity contribution >= 4 is 5.97 Å². The number of carboxylic acid groups (broad SMARTS) is 1. The lowest BCUT2D eigenvalue weighted by Crippen LogP contribution is -1.93. The monoisotopic (exact) mass is 266 g/mol. The average molecular weight is 266 g/mol. The summed E-state index contributed by atoms with van der Waals surface area (Å²) >= 11 is 0. The van der Waals surface area contributed by atoms with Crippen LogP contribution in [0.15, 0.2) is 24.8 Å². The first-order valence-electron chi connectivity index (χ1n) is 7.75. The highest BCUT2D eigenvalue weighted by Gasteiger charge is 1.96. The van der Waals surface area contributed by atoms with E-state index in [9.17, 15) is 4.79 Å². The fourth-order valence-corrected chi connectivity index (χ4v) is 2.05. The van der Waals surface area contributed by atoms with Crippen LogP contribution >= 0.6 is 0 Å². The van der Waals surface area contributed by atoms with Crippen molar-refractivity contribution in [1.82, 2.24) is 0 Å². The number of unbranched alkanes of at least 4 members (excludes halogenated alkanes) is 9. The number of aliphatic carboxylic acids is 1. The number of carboxylic acids is 1. The largest absolute Gasteiger partial charge is 0.481 e. The molecule has 0 spiro atoms. The third-order valence-electron chi connectivity index (χ3n) is 3.22. The molecule has 0 saturated heterocycles. The molecule has 0 fully saturated rings. The van der Waals surface area contributed by atoms with Gasteiger partial charge in [-0.2, -0.15) is 0 Å². The van der Waals surface area contributed by atoms with E-state index in [0.717, 1.165) is 25.7 Å². The predicted octanol–water partition coefficient (Wildman–Crippen LogP) is 5.49. The van der Waals surface area contributed by atoms with E-state index in [1.54, 1.807) is 0 Å². The second-order valence-corrected chi connectivity index (χ2v) is 5.10. The molecular weight excluding hydrogens is 236 g/mol. The van der Waals surface area contributed by atoms with Crippen molar-refractivity contribution in [2.45, 2.75) is 77.0 Å². The second-order valence-electron chi connectivity index (χ2n) is 5.10. The van der Waals surface area contributed by atoms with Crippen LogP contribution in [0.1, 0.15) is 77.0 Å². The molecule has 1 N–H and O–H groups in total. The molecule has 0 amide bonds. The molecule has 0 heterocycles. The number of allylic oxidation sites excluding steroid dienone is 3. The van der Waals surface area contributed by atoms with Crippen LogP contribution in [-0.2, 0) is 4.79 Å². The van der Waals surface area contributed by atoms with Gasteiger partial charge in [-0.05, 0) is 32.1 Å². The van der Waals surface area contributed by atoms with Gasteiger partial charge in [0.1, 0.15) is 0 Å². The van der Waals surface area contributed by atoms with Crippen molar-refractivity contribution in [1.29, 1.82) is 0 Å². The van der Waals surface area contributed by atoms with Crippen LogP contribution < -0.4 is 0 Å². The van der Waals surface area contributed by atoms with Gasteiger partial charge >= 0.3 is 5.97 Å². The Morgan fingerprint density at radius 1 is 0.789 bits per heavy atom. The van der Waals surface area contributed by atoms with E-state index >= 15 is 0 Å². The predicted molar refractivity (Wildman–Crippen MR) is 82.4 cm³/mol. The molecule has 0 aromatic rings. The molecule has 110 valence electrons. The first-order valence-corrected chi connectivity index (χ1v) is 7.75. The van der Waals surface area contributed by atoms with E-state index in [4.69, 9.17) is 5.11 Å². The first kappa shape index (κ1) is 17.9. The summed E-state index contributed by atoms with van der Waals surface area (Å²) in [7, 11) is 0. The minimum atomic E-state index is -0.666. The van der Waals surface area contributed by atoms with Crippen molar-refractivity contribution in [3.05, 3.63) is 24.8 Å². The maximum Gasteiger partial charge on any atom is 0.303 e. The Hall–Kier alpha value is -1.05. The standard InChI is InChI=1S/C17H30O2/c1-2-3-4-5-6-7-8-9-10-11-12-13-14-15-16-17(18)19/h2,5-6H,1,3-4,7-16H2,(H,18,19)/b6-5-. The molecular formula is C17H30O2. The van der Waals surface area contributed by atoms with E-state index < -0.39 is 5.97 Å². The zero-order valence-electron chi connectivity index (χ0n) is 12.3. The van der Waals surface area contributed by atoms with Gasteiger partial charge in [0.25, 0.3) is 0 Å². The molecule has 2 heteroatoms. The van der Waals surface area contributed by atoms with Crippen molar-refractivity contribution in [3.8, 4) is 0 Å². The second kappa shape index (κ2) is 15.0. The molecule has 0 aliphatic carbocycles. The molecule has 0 rings (SSSR count). The lowest BCUT2D eigenvalue weighted by atomic mass is 10.1. The quantitative estimate of drug-likeness (QED) is 0.333. The minimum absolute atomic E-state index is 0.332. The Balaban J connectivity index is 3.04. The van der Waals surface area contributed by atoms with Gasteiger partial charge in [0.2, 0.25) is 0 Å². The zero-order valence-corrected chi connectivity index (χ0v) is 12.3. The van der Waals surface area contributed by atoms with Crippen molar-refractivity contribution in [3.63, 3.8) is 0 Å². The average Bonchev–Trinajstić information content (AvgIpc) is 2.39. The van der Waals surface area contributed by atoms with Crippen molar-refractivity contribution in [2.24, 2.45) is 0 Å². The SMILES string of the molecule is C=CCC/C=C\CCCCCCCCCCC(=O)O. The molecule has 2 nitrogen and oxygen atoms in total. The molecule has 0 aliphatic rings. The molecule has 0 aromatic carbocycles. The maximum absolute atomic E-state index is 10.3. The topological polar surface area (TPSA) is 37.3 Å². The van der Waals surface area contributed by atoms with Crippen LogP contribution in [-0.4, -0.2) is 11.1 Å². The first-order chi connectivity index (χ1) is 9.27. The molecule has 0 bridgehead atoms. The van der Waals surface area contributed by atoms with E-state index in [2.05, 4.69) is 18.7 Å². The molecule has 0 aliphatic heterocycles. The lowest BCUT2D eigenvalue weighted by Gasteiger charge is -2.00. The van der Waals surface area contributed by atoms with Gasteiger partial charge in [-0.1, -0.05) is 56.8 Å². The Morgan fingerprint density at radius 2 is 1.32 bits per heavy atom. The molecule has 0 atom stereocenters. The number of hydrogen-bond acceptors (Lipinski definition) is 1. The van der Waals surface area contributed by atoms with E-state index in [-0.39, 0.29) is 0 Å². The summed E-state index contributed by atoms with van der Waals surface area (Å²) in [5, 5.41) is 8.49. The van der Waals surface area contributed by atoms with E-state index in [0.29, 0.717) is 6.42 Å². The minimum Gasteiger partial charge on any atom is -0.481 e. The van der Waals surface area contributed by atoms with Crippen LogP contribution in [0, 0.1) is 0 Å². The van der Waals surface area contributed by atoms with Crippen LogP contribution in [0.4, 0.5) is 0 Å². The number of hydrogen-bond donors (Lipinski definition) is 1. The molecule has 0 saturated carbocycles. The van der Waals surface area contributed by atoms with Gasteiger partial charge in [0.05, 0.1) is 0 Å². The van der Waals surface area contributed by atoms with Crippen LogP contribution in [0.3, 0.4) is 0 Å².